The lowest BCUT2D eigenvalue weighted by Gasteiger charge is -2.13. The van der Waals surface area contributed by atoms with Crippen LogP contribution < -0.4 is 0 Å². The molecule has 0 aliphatic heterocycles. The van der Waals surface area contributed by atoms with Crippen molar-refractivity contribution >= 4 is 0 Å². The Labute approximate surface area is 78.6 Å². The van der Waals surface area contributed by atoms with Crippen molar-refractivity contribution in [3.05, 3.63) is 12.2 Å². The molecule has 1 aromatic heterocycles. The Hall–Kier alpha value is -0.900. The highest BCUT2D eigenvalue weighted by atomic mass is 16.3. The van der Waals surface area contributed by atoms with Crippen LogP contribution in [0.15, 0.2) is 6.33 Å². The fourth-order valence-electron chi connectivity index (χ4n) is 0.915. The van der Waals surface area contributed by atoms with E-state index in [0.29, 0.717) is 0 Å². The first-order chi connectivity index (χ1) is 5.95. The summed E-state index contributed by atoms with van der Waals surface area (Å²) in [4.78, 5) is 4.20. The molecule has 0 aliphatic carbocycles. The van der Waals surface area contributed by atoms with E-state index in [9.17, 15) is 0 Å². The summed E-state index contributed by atoms with van der Waals surface area (Å²) in [5.74, 6) is 0.813. The Bertz CT molecular complexity index is 275. The molecule has 1 aromatic rings. The summed E-state index contributed by atoms with van der Waals surface area (Å²) in [6.07, 6.45) is 1.67. The van der Waals surface area contributed by atoms with Crippen LogP contribution in [0.5, 0.6) is 0 Å². The normalized spacial score (nSPS) is 14.5. The average Bonchev–Trinajstić information content (AvgIpc) is 2.50. The Kier molecular flexibility index (Phi) is 2.71. The summed E-state index contributed by atoms with van der Waals surface area (Å²) >= 11 is 0. The first-order valence-electron chi connectivity index (χ1n) is 4.47. The minimum absolute atomic E-state index is 0.00333. The predicted octanol–water partition coefficient (Wildman–Crippen LogP) is 1.13. The number of rotatable bonds is 2. The van der Waals surface area contributed by atoms with Gasteiger partial charge in [-0.2, -0.15) is 5.10 Å². The Morgan fingerprint density at radius 3 is 2.54 bits per heavy atom. The summed E-state index contributed by atoms with van der Waals surface area (Å²) in [6, 6.07) is 0.00333. The van der Waals surface area contributed by atoms with E-state index >= 15 is 0 Å². The molecule has 13 heavy (non-hydrogen) atoms. The van der Waals surface area contributed by atoms with Crippen LogP contribution in [-0.4, -0.2) is 26.5 Å². The lowest BCUT2D eigenvalue weighted by molar-refractivity contribution is 0.228. The van der Waals surface area contributed by atoms with Crippen molar-refractivity contribution in [2.75, 3.05) is 6.61 Å². The van der Waals surface area contributed by atoms with Crippen molar-refractivity contribution in [1.29, 1.82) is 0 Å². The highest BCUT2D eigenvalue weighted by Crippen LogP contribution is 2.17. The molecule has 0 fully saturated rings. The second-order valence-electron chi connectivity index (χ2n) is 4.33. The monoisotopic (exact) mass is 183 g/mol. The van der Waals surface area contributed by atoms with E-state index in [1.54, 1.807) is 11.0 Å². The molecule has 1 unspecified atom stereocenters. The molecule has 4 nitrogen and oxygen atoms in total. The van der Waals surface area contributed by atoms with Gasteiger partial charge in [-0.25, -0.2) is 9.67 Å². The zero-order chi connectivity index (χ0) is 10.1. The highest BCUT2D eigenvalue weighted by Gasteiger charge is 2.19. The zero-order valence-corrected chi connectivity index (χ0v) is 8.65. The van der Waals surface area contributed by atoms with Crippen molar-refractivity contribution in [3.63, 3.8) is 0 Å². The standard InChI is InChI=1S/C9H17N3O/c1-7(5-13)12-6-10-8(11-12)9(2,3)4/h6-7,13H,5H2,1-4H3. The van der Waals surface area contributed by atoms with Crippen LogP contribution in [0.1, 0.15) is 39.6 Å². The molecule has 0 spiro atoms. The molecule has 0 radical (unpaired) electrons. The maximum atomic E-state index is 8.91. The number of aliphatic hydroxyl groups is 1. The van der Waals surface area contributed by atoms with Crippen LogP contribution in [0.25, 0.3) is 0 Å². The molecule has 0 saturated heterocycles. The molecule has 1 heterocycles. The molecule has 0 amide bonds. The van der Waals surface area contributed by atoms with Gasteiger partial charge in [0.2, 0.25) is 0 Å². The third kappa shape index (κ3) is 2.28. The van der Waals surface area contributed by atoms with Gasteiger partial charge in [-0.15, -0.1) is 0 Å². The molecule has 1 N–H and O–H groups in total. The lowest BCUT2D eigenvalue weighted by atomic mass is 9.96. The van der Waals surface area contributed by atoms with Crippen LogP contribution in [0.3, 0.4) is 0 Å². The third-order valence-corrected chi connectivity index (χ3v) is 1.90. The Morgan fingerprint density at radius 1 is 1.54 bits per heavy atom. The maximum absolute atomic E-state index is 8.91. The Morgan fingerprint density at radius 2 is 2.15 bits per heavy atom. The minimum Gasteiger partial charge on any atom is -0.394 e. The first-order valence-corrected chi connectivity index (χ1v) is 4.47. The van der Waals surface area contributed by atoms with E-state index in [1.165, 1.54) is 0 Å². The van der Waals surface area contributed by atoms with E-state index in [2.05, 4.69) is 30.9 Å². The van der Waals surface area contributed by atoms with Crippen molar-refractivity contribution in [2.24, 2.45) is 0 Å². The van der Waals surface area contributed by atoms with Gasteiger partial charge in [-0.3, -0.25) is 0 Å². The quantitative estimate of drug-likeness (QED) is 0.747. The van der Waals surface area contributed by atoms with E-state index in [1.807, 2.05) is 6.92 Å². The summed E-state index contributed by atoms with van der Waals surface area (Å²) in [7, 11) is 0. The third-order valence-electron chi connectivity index (χ3n) is 1.90. The fourth-order valence-corrected chi connectivity index (χ4v) is 0.915. The summed E-state index contributed by atoms with van der Waals surface area (Å²) in [5, 5.41) is 13.2. The van der Waals surface area contributed by atoms with Crippen LogP contribution >= 0.6 is 0 Å². The van der Waals surface area contributed by atoms with Gasteiger partial charge in [-0.1, -0.05) is 20.8 Å². The SMILES string of the molecule is CC(CO)n1cnc(C(C)(C)C)n1. The summed E-state index contributed by atoms with van der Waals surface area (Å²) < 4.78 is 1.70. The molecule has 0 bridgehead atoms. The van der Waals surface area contributed by atoms with Gasteiger partial charge in [0.15, 0.2) is 5.82 Å². The van der Waals surface area contributed by atoms with Gasteiger partial charge in [0, 0.05) is 5.41 Å². The molecule has 74 valence electrons. The Balaban J connectivity index is 2.87. The number of aromatic nitrogens is 3. The van der Waals surface area contributed by atoms with Crippen LogP contribution in [0.4, 0.5) is 0 Å². The van der Waals surface area contributed by atoms with Crippen molar-refractivity contribution in [2.45, 2.75) is 39.2 Å². The number of aliphatic hydroxyl groups excluding tert-OH is 1. The predicted molar refractivity (Wildman–Crippen MR) is 50.5 cm³/mol. The summed E-state index contributed by atoms with van der Waals surface area (Å²) in [5.41, 5.74) is -0.0274. The molecule has 1 atom stereocenters. The molecular weight excluding hydrogens is 166 g/mol. The molecule has 1 rings (SSSR count). The highest BCUT2D eigenvalue weighted by molar-refractivity contribution is 4.98. The van der Waals surface area contributed by atoms with E-state index in [-0.39, 0.29) is 18.1 Å². The topological polar surface area (TPSA) is 50.9 Å². The minimum atomic E-state index is -0.0274. The van der Waals surface area contributed by atoms with E-state index in [0.717, 1.165) is 5.82 Å². The average molecular weight is 183 g/mol. The van der Waals surface area contributed by atoms with Gasteiger partial charge >= 0.3 is 0 Å². The molecule has 0 saturated carbocycles. The second kappa shape index (κ2) is 3.46. The fraction of sp³-hybridized carbons (Fsp3) is 0.778. The number of hydrogen-bond acceptors (Lipinski definition) is 3. The van der Waals surface area contributed by atoms with E-state index in [4.69, 9.17) is 5.11 Å². The largest absolute Gasteiger partial charge is 0.394 e. The number of hydrogen-bond donors (Lipinski definition) is 1. The zero-order valence-electron chi connectivity index (χ0n) is 8.65. The van der Waals surface area contributed by atoms with Gasteiger partial charge in [0.25, 0.3) is 0 Å². The van der Waals surface area contributed by atoms with Gasteiger partial charge < -0.3 is 5.11 Å². The van der Waals surface area contributed by atoms with Crippen LogP contribution in [-0.2, 0) is 5.41 Å². The molecule has 0 aliphatic rings. The smallest absolute Gasteiger partial charge is 0.155 e. The molecular formula is C9H17N3O. The first kappa shape index (κ1) is 10.2. The van der Waals surface area contributed by atoms with Gasteiger partial charge in [-0.05, 0) is 6.92 Å². The summed E-state index contributed by atoms with van der Waals surface area (Å²) in [6.45, 7) is 8.19. The second-order valence-corrected chi connectivity index (χ2v) is 4.33. The van der Waals surface area contributed by atoms with Crippen LogP contribution in [0.2, 0.25) is 0 Å². The molecule has 4 heteroatoms. The van der Waals surface area contributed by atoms with Crippen LogP contribution in [0, 0.1) is 0 Å². The van der Waals surface area contributed by atoms with Crippen molar-refractivity contribution in [3.8, 4) is 0 Å². The van der Waals surface area contributed by atoms with E-state index < -0.39 is 0 Å². The maximum Gasteiger partial charge on any atom is 0.155 e. The van der Waals surface area contributed by atoms with Crippen molar-refractivity contribution in [1.82, 2.24) is 14.8 Å². The van der Waals surface area contributed by atoms with Gasteiger partial charge in [0.05, 0.1) is 12.6 Å². The lowest BCUT2D eigenvalue weighted by Crippen LogP contribution is -2.16. The van der Waals surface area contributed by atoms with Gasteiger partial charge in [0.1, 0.15) is 6.33 Å². The number of nitrogens with zero attached hydrogens (tertiary/aromatic N) is 3. The van der Waals surface area contributed by atoms with Crippen molar-refractivity contribution < 1.29 is 5.11 Å². The molecule has 0 aromatic carbocycles.